The van der Waals surface area contributed by atoms with Gasteiger partial charge in [0.25, 0.3) is 0 Å². The van der Waals surface area contributed by atoms with Crippen molar-refractivity contribution < 1.29 is 14.3 Å². The molecule has 1 aliphatic rings. The molecule has 2 aromatic rings. The molecule has 2 heterocycles. The Morgan fingerprint density at radius 3 is 2.43 bits per heavy atom. The number of carbonyl (C=O) groups is 1. The van der Waals surface area contributed by atoms with Crippen LogP contribution in [0.1, 0.15) is 0 Å². The number of carboxylic acid groups (broad SMARTS) is 1. The predicted molar refractivity (Wildman–Crippen MR) is 85.9 cm³/mol. The van der Waals surface area contributed by atoms with Crippen molar-refractivity contribution in [1.82, 2.24) is 9.88 Å². The minimum absolute atomic E-state index is 0.0850. The summed E-state index contributed by atoms with van der Waals surface area (Å²) in [6.45, 7) is 3.05. The van der Waals surface area contributed by atoms with Crippen LogP contribution in [0, 0.1) is 5.82 Å². The summed E-state index contributed by atoms with van der Waals surface area (Å²) in [7, 11) is 0. The summed E-state index contributed by atoms with van der Waals surface area (Å²) in [6.07, 6.45) is 3.57. The summed E-state index contributed by atoms with van der Waals surface area (Å²) in [5, 5.41) is 8.84. The third-order valence-electron chi connectivity index (χ3n) is 4.00. The average molecular weight is 315 g/mol. The molecule has 1 aromatic carbocycles. The molecule has 1 saturated heterocycles. The number of aromatic nitrogens is 1. The van der Waals surface area contributed by atoms with Gasteiger partial charge in [-0.1, -0.05) is 12.1 Å². The average Bonchev–Trinajstić information content (AvgIpc) is 2.56. The minimum Gasteiger partial charge on any atom is -0.480 e. The van der Waals surface area contributed by atoms with E-state index < -0.39 is 5.97 Å². The topological polar surface area (TPSA) is 56.7 Å². The fourth-order valence-corrected chi connectivity index (χ4v) is 2.76. The Balaban J connectivity index is 1.71. The molecule has 3 rings (SSSR count). The normalized spacial score (nSPS) is 15.6. The lowest BCUT2D eigenvalue weighted by Crippen LogP contribution is -2.48. The molecule has 0 unspecified atom stereocenters. The first-order valence-corrected chi connectivity index (χ1v) is 7.52. The highest BCUT2D eigenvalue weighted by Gasteiger charge is 2.19. The zero-order valence-electron chi connectivity index (χ0n) is 12.7. The summed E-state index contributed by atoms with van der Waals surface area (Å²) < 4.78 is 13.0. The van der Waals surface area contributed by atoms with Crippen molar-refractivity contribution in [3.8, 4) is 11.1 Å². The van der Waals surface area contributed by atoms with E-state index in [0.29, 0.717) is 13.1 Å². The van der Waals surface area contributed by atoms with Gasteiger partial charge in [0.05, 0.1) is 18.4 Å². The second-order valence-electron chi connectivity index (χ2n) is 5.60. The monoisotopic (exact) mass is 315 g/mol. The maximum Gasteiger partial charge on any atom is 0.317 e. The number of nitrogens with zero attached hydrogens (tertiary/aromatic N) is 3. The fourth-order valence-electron chi connectivity index (χ4n) is 2.76. The quantitative estimate of drug-likeness (QED) is 0.936. The number of carboxylic acids is 1. The maximum atomic E-state index is 13.0. The summed E-state index contributed by atoms with van der Waals surface area (Å²) in [5.41, 5.74) is 2.86. The molecule has 1 aromatic heterocycles. The van der Waals surface area contributed by atoms with Gasteiger partial charge in [0.15, 0.2) is 0 Å². The SMILES string of the molecule is O=C(O)CN1CCN(c2cncc(-c3ccc(F)cc3)c2)CC1. The second-order valence-corrected chi connectivity index (χ2v) is 5.60. The van der Waals surface area contributed by atoms with Crippen LogP contribution >= 0.6 is 0 Å². The van der Waals surface area contributed by atoms with Crippen LogP contribution in [0.25, 0.3) is 11.1 Å². The zero-order valence-corrected chi connectivity index (χ0v) is 12.7. The molecular formula is C17H18FN3O2. The molecule has 23 heavy (non-hydrogen) atoms. The highest BCUT2D eigenvalue weighted by Crippen LogP contribution is 2.24. The number of aliphatic carboxylic acids is 1. The van der Waals surface area contributed by atoms with Crippen molar-refractivity contribution >= 4 is 11.7 Å². The smallest absolute Gasteiger partial charge is 0.317 e. The van der Waals surface area contributed by atoms with Crippen LogP contribution in [0.3, 0.4) is 0 Å². The Labute approximate surface area is 134 Å². The molecule has 0 amide bonds. The first kappa shape index (κ1) is 15.4. The lowest BCUT2D eigenvalue weighted by Gasteiger charge is -2.35. The zero-order chi connectivity index (χ0) is 16.2. The number of pyridine rings is 1. The van der Waals surface area contributed by atoms with Gasteiger partial charge < -0.3 is 10.0 Å². The van der Waals surface area contributed by atoms with Gasteiger partial charge in [-0.05, 0) is 23.8 Å². The highest BCUT2D eigenvalue weighted by atomic mass is 19.1. The molecule has 0 bridgehead atoms. The number of benzene rings is 1. The van der Waals surface area contributed by atoms with Crippen molar-refractivity contribution in [2.75, 3.05) is 37.6 Å². The van der Waals surface area contributed by atoms with Crippen molar-refractivity contribution in [1.29, 1.82) is 0 Å². The van der Waals surface area contributed by atoms with E-state index in [-0.39, 0.29) is 12.4 Å². The van der Waals surface area contributed by atoms with Gasteiger partial charge in [0.1, 0.15) is 5.82 Å². The summed E-state index contributed by atoms with van der Waals surface area (Å²) in [6, 6.07) is 8.38. The highest BCUT2D eigenvalue weighted by molar-refractivity contribution is 5.69. The Morgan fingerprint density at radius 1 is 1.09 bits per heavy atom. The first-order chi connectivity index (χ1) is 11.1. The van der Waals surface area contributed by atoms with Crippen molar-refractivity contribution in [2.24, 2.45) is 0 Å². The van der Waals surface area contributed by atoms with Crippen LogP contribution in [0.4, 0.5) is 10.1 Å². The van der Waals surface area contributed by atoms with Gasteiger partial charge in [0.2, 0.25) is 0 Å². The first-order valence-electron chi connectivity index (χ1n) is 7.52. The van der Waals surface area contributed by atoms with E-state index in [1.54, 1.807) is 24.5 Å². The van der Waals surface area contributed by atoms with E-state index in [1.165, 1.54) is 12.1 Å². The Morgan fingerprint density at radius 2 is 1.78 bits per heavy atom. The van der Waals surface area contributed by atoms with Crippen molar-refractivity contribution in [3.63, 3.8) is 0 Å². The van der Waals surface area contributed by atoms with Crippen LogP contribution in [-0.4, -0.2) is 53.7 Å². The number of piperazine rings is 1. The molecule has 120 valence electrons. The number of anilines is 1. The van der Waals surface area contributed by atoms with Crippen LogP contribution in [0.15, 0.2) is 42.7 Å². The van der Waals surface area contributed by atoms with E-state index in [9.17, 15) is 9.18 Å². The van der Waals surface area contributed by atoms with E-state index in [2.05, 4.69) is 9.88 Å². The van der Waals surface area contributed by atoms with Gasteiger partial charge in [-0.15, -0.1) is 0 Å². The maximum absolute atomic E-state index is 13.0. The Bertz CT molecular complexity index is 682. The van der Waals surface area contributed by atoms with Crippen LogP contribution in [0.5, 0.6) is 0 Å². The largest absolute Gasteiger partial charge is 0.480 e. The van der Waals surface area contributed by atoms with E-state index >= 15 is 0 Å². The minimum atomic E-state index is -0.793. The van der Waals surface area contributed by atoms with Gasteiger partial charge in [-0.25, -0.2) is 4.39 Å². The number of rotatable bonds is 4. The number of hydrogen-bond donors (Lipinski definition) is 1. The third-order valence-corrected chi connectivity index (χ3v) is 4.00. The van der Waals surface area contributed by atoms with E-state index in [0.717, 1.165) is 29.9 Å². The summed E-state index contributed by atoms with van der Waals surface area (Å²) in [4.78, 5) is 19.2. The van der Waals surface area contributed by atoms with E-state index in [1.807, 2.05) is 11.0 Å². The molecule has 0 atom stereocenters. The van der Waals surface area contributed by atoms with Crippen LogP contribution < -0.4 is 4.90 Å². The number of hydrogen-bond acceptors (Lipinski definition) is 4. The lowest BCUT2D eigenvalue weighted by atomic mass is 10.1. The molecule has 0 spiro atoms. The molecule has 0 saturated carbocycles. The second kappa shape index (κ2) is 6.75. The lowest BCUT2D eigenvalue weighted by molar-refractivity contribution is -0.138. The molecule has 1 fully saturated rings. The Hall–Kier alpha value is -2.47. The predicted octanol–water partition coefficient (Wildman–Crippen LogP) is 2.09. The molecule has 1 aliphatic heterocycles. The molecule has 0 aliphatic carbocycles. The third kappa shape index (κ3) is 3.84. The molecule has 5 nitrogen and oxygen atoms in total. The molecular weight excluding hydrogens is 297 g/mol. The van der Waals surface area contributed by atoms with Gasteiger partial charge in [-0.2, -0.15) is 0 Å². The molecule has 0 radical (unpaired) electrons. The van der Waals surface area contributed by atoms with Gasteiger partial charge in [0, 0.05) is 37.9 Å². The fraction of sp³-hybridized carbons (Fsp3) is 0.294. The Kier molecular flexibility index (Phi) is 4.52. The summed E-state index contributed by atoms with van der Waals surface area (Å²) >= 11 is 0. The van der Waals surface area contributed by atoms with E-state index in [4.69, 9.17) is 5.11 Å². The van der Waals surface area contributed by atoms with Crippen LogP contribution in [-0.2, 0) is 4.79 Å². The van der Waals surface area contributed by atoms with Crippen LogP contribution in [0.2, 0.25) is 0 Å². The molecule has 1 N–H and O–H groups in total. The standard InChI is InChI=1S/C17H18FN3O2/c18-15-3-1-13(2-4-15)14-9-16(11-19-10-14)21-7-5-20(6-8-21)12-17(22)23/h1-4,9-11H,5-8,12H2,(H,22,23). The van der Waals surface area contributed by atoms with Crippen molar-refractivity contribution in [2.45, 2.75) is 0 Å². The number of halogens is 1. The molecule has 6 heteroatoms. The van der Waals surface area contributed by atoms with Gasteiger partial charge in [-0.3, -0.25) is 14.7 Å². The van der Waals surface area contributed by atoms with Crippen molar-refractivity contribution in [3.05, 3.63) is 48.5 Å². The van der Waals surface area contributed by atoms with Gasteiger partial charge >= 0.3 is 5.97 Å². The summed E-state index contributed by atoms with van der Waals surface area (Å²) in [5.74, 6) is -1.05.